The molecule has 1 aromatic carbocycles. The van der Waals surface area contributed by atoms with Gasteiger partial charge in [0, 0.05) is 36.5 Å². The number of amides is 1. The molecule has 1 amide bonds. The van der Waals surface area contributed by atoms with Crippen LogP contribution >= 0.6 is 24.0 Å². The first-order valence-electron chi connectivity index (χ1n) is 6.60. The van der Waals surface area contributed by atoms with Crippen LogP contribution in [0, 0.1) is 5.92 Å². The summed E-state index contributed by atoms with van der Waals surface area (Å²) in [5, 5.41) is 0.727. The van der Waals surface area contributed by atoms with Crippen molar-refractivity contribution in [1.29, 1.82) is 0 Å². The quantitative estimate of drug-likeness (QED) is 0.905. The molecule has 114 valence electrons. The molecule has 1 rings (SSSR count). The molecule has 20 heavy (non-hydrogen) atoms. The largest absolute Gasteiger partial charge is 0.342 e. The minimum Gasteiger partial charge on any atom is -0.342 e. The first kappa shape index (κ1) is 19.2. The fourth-order valence-corrected chi connectivity index (χ4v) is 2.16. The highest BCUT2D eigenvalue weighted by molar-refractivity contribution is 6.30. The molecule has 0 saturated heterocycles. The first-order chi connectivity index (χ1) is 8.88. The van der Waals surface area contributed by atoms with E-state index in [0.29, 0.717) is 6.54 Å². The number of rotatable bonds is 5. The van der Waals surface area contributed by atoms with Crippen LogP contribution in [-0.4, -0.2) is 30.4 Å². The SMILES string of the molecule is CC(CN)C(=O)N(C)C(C)C(C)c1ccc(Cl)cc1.Cl. The van der Waals surface area contributed by atoms with Crippen LogP contribution in [0.4, 0.5) is 0 Å². The lowest BCUT2D eigenvalue weighted by molar-refractivity contribution is -0.135. The molecule has 0 aliphatic rings. The van der Waals surface area contributed by atoms with Gasteiger partial charge in [-0.3, -0.25) is 4.79 Å². The van der Waals surface area contributed by atoms with Crippen LogP contribution in [0.5, 0.6) is 0 Å². The van der Waals surface area contributed by atoms with Gasteiger partial charge in [-0.15, -0.1) is 12.4 Å². The van der Waals surface area contributed by atoms with E-state index in [1.165, 1.54) is 5.56 Å². The third-order valence-corrected chi connectivity index (χ3v) is 4.11. The van der Waals surface area contributed by atoms with Gasteiger partial charge in [0.1, 0.15) is 0 Å². The zero-order valence-corrected chi connectivity index (χ0v) is 14.0. The Kier molecular flexibility index (Phi) is 8.17. The smallest absolute Gasteiger partial charge is 0.226 e. The van der Waals surface area contributed by atoms with E-state index in [2.05, 4.69) is 13.8 Å². The van der Waals surface area contributed by atoms with Crippen LogP contribution in [0.15, 0.2) is 24.3 Å². The van der Waals surface area contributed by atoms with E-state index in [1.807, 2.05) is 38.2 Å². The number of carbonyl (C=O) groups excluding carboxylic acids is 1. The lowest BCUT2D eigenvalue weighted by Crippen LogP contribution is -2.42. The average Bonchev–Trinajstić information content (AvgIpc) is 2.44. The summed E-state index contributed by atoms with van der Waals surface area (Å²) >= 11 is 5.89. The summed E-state index contributed by atoms with van der Waals surface area (Å²) in [6.45, 7) is 6.41. The zero-order chi connectivity index (χ0) is 14.6. The van der Waals surface area contributed by atoms with E-state index in [-0.39, 0.29) is 36.2 Å². The van der Waals surface area contributed by atoms with Gasteiger partial charge in [-0.2, -0.15) is 0 Å². The number of hydrogen-bond donors (Lipinski definition) is 1. The van der Waals surface area contributed by atoms with Crippen molar-refractivity contribution < 1.29 is 4.79 Å². The number of nitrogens with two attached hydrogens (primary N) is 1. The topological polar surface area (TPSA) is 46.3 Å². The number of hydrogen-bond acceptors (Lipinski definition) is 2. The minimum absolute atomic E-state index is 0. The number of benzene rings is 1. The van der Waals surface area contributed by atoms with E-state index in [9.17, 15) is 4.79 Å². The van der Waals surface area contributed by atoms with Gasteiger partial charge in [0.05, 0.1) is 0 Å². The third kappa shape index (κ3) is 4.65. The van der Waals surface area contributed by atoms with Crippen molar-refractivity contribution in [2.24, 2.45) is 11.7 Å². The van der Waals surface area contributed by atoms with Gasteiger partial charge in [-0.05, 0) is 24.6 Å². The zero-order valence-electron chi connectivity index (χ0n) is 12.5. The molecule has 0 spiro atoms. The summed E-state index contributed by atoms with van der Waals surface area (Å²) in [5.41, 5.74) is 6.73. The Morgan fingerprint density at radius 1 is 1.25 bits per heavy atom. The van der Waals surface area contributed by atoms with Crippen LogP contribution < -0.4 is 5.73 Å². The number of halogens is 2. The Balaban J connectivity index is 0.00000361. The molecular formula is C15H24Cl2N2O. The third-order valence-electron chi connectivity index (χ3n) is 3.85. The van der Waals surface area contributed by atoms with Crippen molar-refractivity contribution in [1.82, 2.24) is 4.90 Å². The molecule has 0 saturated carbocycles. The molecule has 0 fully saturated rings. The molecule has 3 nitrogen and oxygen atoms in total. The van der Waals surface area contributed by atoms with Gasteiger partial charge in [-0.1, -0.05) is 37.6 Å². The number of carbonyl (C=O) groups is 1. The van der Waals surface area contributed by atoms with Crippen molar-refractivity contribution >= 4 is 29.9 Å². The fraction of sp³-hybridized carbons (Fsp3) is 0.533. The molecule has 3 unspecified atom stereocenters. The Morgan fingerprint density at radius 2 is 1.75 bits per heavy atom. The molecule has 0 bridgehead atoms. The summed E-state index contributed by atoms with van der Waals surface area (Å²) in [4.78, 5) is 13.9. The van der Waals surface area contributed by atoms with Gasteiger partial charge in [0.15, 0.2) is 0 Å². The molecule has 0 aliphatic carbocycles. The van der Waals surface area contributed by atoms with E-state index < -0.39 is 0 Å². The number of nitrogens with zero attached hydrogens (tertiary/aromatic N) is 1. The second-order valence-electron chi connectivity index (χ2n) is 5.17. The molecule has 5 heteroatoms. The summed E-state index contributed by atoms with van der Waals surface area (Å²) in [6.07, 6.45) is 0. The Hall–Kier alpha value is -0.770. The monoisotopic (exact) mass is 318 g/mol. The maximum absolute atomic E-state index is 12.1. The van der Waals surface area contributed by atoms with Crippen LogP contribution in [0.25, 0.3) is 0 Å². The Morgan fingerprint density at radius 3 is 2.20 bits per heavy atom. The lowest BCUT2D eigenvalue weighted by Gasteiger charge is -2.32. The molecule has 2 N–H and O–H groups in total. The van der Waals surface area contributed by atoms with Gasteiger partial charge in [0.25, 0.3) is 0 Å². The fourth-order valence-electron chi connectivity index (χ4n) is 2.03. The van der Waals surface area contributed by atoms with Crippen LogP contribution in [0.2, 0.25) is 5.02 Å². The Labute approximate surface area is 132 Å². The van der Waals surface area contributed by atoms with Gasteiger partial charge in [-0.25, -0.2) is 0 Å². The summed E-state index contributed by atoms with van der Waals surface area (Å²) in [7, 11) is 1.84. The highest BCUT2D eigenvalue weighted by Gasteiger charge is 2.25. The maximum Gasteiger partial charge on any atom is 0.226 e. The van der Waals surface area contributed by atoms with Crippen LogP contribution in [-0.2, 0) is 4.79 Å². The van der Waals surface area contributed by atoms with Gasteiger partial charge < -0.3 is 10.6 Å². The van der Waals surface area contributed by atoms with Crippen molar-refractivity contribution in [2.75, 3.05) is 13.6 Å². The first-order valence-corrected chi connectivity index (χ1v) is 6.98. The predicted molar refractivity (Wildman–Crippen MR) is 87.6 cm³/mol. The van der Waals surface area contributed by atoms with E-state index in [1.54, 1.807) is 4.90 Å². The van der Waals surface area contributed by atoms with Crippen molar-refractivity contribution in [3.05, 3.63) is 34.9 Å². The minimum atomic E-state index is -0.134. The van der Waals surface area contributed by atoms with Crippen molar-refractivity contribution in [3.63, 3.8) is 0 Å². The summed E-state index contributed by atoms with van der Waals surface area (Å²) in [6, 6.07) is 7.89. The molecule has 0 heterocycles. The molecule has 0 aliphatic heterocycles. The van der Waals surface area contributed by atoms with Crippen molar-refractivity contribution in [3.8, 4) is 0 Å². The summed E-state index contributed by atoms with van der Waals surface area (Å²) in [5.74, 6) is 0.205. The standard InChI is InChI=1S/C15H23ClN2O.ClH/c1-10(9-17)15(19)18(4)12(3)11(2)13-5-7-14(16)8-6-13;/h5-8,10-12H,9,17H2,1-4H3;1H. The van der Waals surface area contributed by atoms with E-state index in [4.69, 9.17) is 17.3 Å². The normalized spacial score (nSPS) is 14.9. The van der Waals surface area contributed by atoms with Crippen molar-refractivity contribution in [2.45, 2.75) is 32.7 Å². The average molecular weight is 319 g/mol. The second kappa shape index (κ2) is 8.50. The maximum atomic E-state index is 12.1. The van der Waals surface area contributed by atoms with E-state index >= 15 is 0 Å². The molecule has 0 radical (unpaired) electrons. The predicted octanol–water partition coefficient (Wildman–Crippen LogP) is 3.31. The highest BCUT2D eigenvalue weighted by Crippen LogP contribution is 2.24. The second-order valence-corrected chi connectivity index (χ2v) is 5.60. The molecule has 1 aromatic rings. The van der Waals surface area contributed by atoms with Crippen LogP contribution in [0.3, 0.4) is 0 Å². The summed E-state index contributed by atoms with van der Waals surface area (Å²) < 4.78 is 0. The van der Waals surface area contributed by atoms with Gasteiger partial charge >= 0.3 is 0 Å². The molecule has 0 aromatic heterocycles. The highest BCUT2D eigenvalue weighted by atomic mass is 35.5. The molecule has 3 atom stereocenters. The Bertz CT molecular complexity index is 422. The number of likely N-dealkylation sites (N-methyl/N-ethyl adjacent to an activating group) is 1. The van der Waals surface area contributed by atoms with Crippen LogP contribution in [0.1, 0.15) is 32.3 Å². The lowest BCUT2D eigenvalue weighted by atomic mass is 9.93. The van der Waals surface area contributed by atoms with E-state index in [0.717, 1.165) is 5.02 Å². The van der Waals surface area contributed by atoms with Gasteiger partial charge in [0.2, 0.25) is 5.91 Å². The molecular weight excluding hydrogens is 295 g/mol.